The van der Waals surface area contributed by atoms with Crippen molar-refractivity contribution in [2.45, 2.75) is 26.4 Å². The standard InChI is InChI=1S/C13H13BrO3/c1-7(2)17-13(16)11-6-8-5-9(14)3-4-10(8)12(11)15/h3-5,7,11H,6H2,1-2H3. The van der Waals surface area contributed by atoms with Gasteiger partial charge in [-0.3, -0.25) is 9.59 Å². The van der Waals surface area contributed by atoms with Crippen LogP contribution in [0.2, 0.25) is 0 Å². The second kappa shape index (κ2) is 4.61. The summed E-state index contributed by atoms with van der Waals surface area (Å²) in [5.41, 5.74) is 1.55. The molecule has 90 valence electrons. The smallest absolute Gasteiger partial charge is 0.317 e. The SMILES string of the molecule is CC(C)OC(=O)C1Cc2cc(Br)ccc2C1=O. The zero-order valence-corrected chi connectivity index (χ0v) is 11.3. The average Bonchev–Trinajstić information content (AvgIpc) is 2.54. The van der Waals surface area contributed by atoms with Crippen LogP contribution < -0.4 is 0 Å². The molecule has 1 aromatic rings. The molecular weight excluding hydrogens is 284 g/mol. The van der Waals surface area contributed by atoms with Gasteiger partial charge in [-0.1, -0.05) is 15.9 Å². The number of hydrogen-bond donors (Lipinski definition) is 0. The highest BCUT2D eigenvalue weighted by Crippen LogP contribution is 2.30. The van der Waals surface area contributed by atoms with E-state index < -0.39 is 11.9 Å². The van der Waals surface area contributed by atoms with Gasteiger partial charge in [-0.15, -0.1) is 0 Å². The molecule has 0 radical (unpaired) electrons. The first-order chi connectivity index (χ1) is 7.99. The van der Waals surface area contributed by atoms with Crippen molar-refractivity contribution in [3.63, 3.8) is 0 Å². The Balaban J connectivity index is 2.22. The average molecular weight is 297 g/mol. The van der Waals surface area contributed by atoms with Crippen molar-refractivity contribution in [2.24, 2.45) is 5.92 Å². The third-order valence-electron chi connectivity index (χ3n) is 2.71. The van der Waals surface area contributed by atoms with E-state index in [2.05, 4.69) is 15.9 Å². The van der Waals surface area contributed by atoms with Crippen LogP contribution in [-0.2, 0) is 16.0 Å². The summed E-state index contributed by atoms with van der Waals surface area (Å²) in [6.45, 7) is 3.56. The van der Waals surface area contributed by atoms with Gasteiger partial charge in [0.05, 0.1) is 6.10 Å². The Morgan fingerprint density at radius 3 is 2.82 bits per heavy atom. The number of rotatable bonds is 2. The second-order valence-electron chi connectivity index (χ2n) is 4.41. The van der Waals surface area contributed by atoms with Gasteiger partial charge in [0.2, 0.25) is 0 Å². The lowest BCUT2D eigenvalue weighted by Gasteiger charge is -2.11. The fourth-order valence-electron chi connectivity index (χ4n) is 1.98. The number of carbonyl (C=O) groups is 2. The summed E-state index contributed by atoms with van der Waals surface area (Å²) in [5, 5.41) is 0. The zero-order valence-electron chi connectivity index (χ0n) is 9.70. The summed E-state index contributed by atoms with van der Waals surface area (Å²) < 4.78 is 6.01. The number of halogens is 1. The molecule has 2 rings (SSSR count). The Kier molecular flexibility index (Phi) is 3.33. The van der Waals surface area contributed by atoms with Crippen molar-refractivity contribution in [3.05, 3.63) is 33.8 Å². The summed E-state index contributed by atoms with van der Waals surface area (Å²) in [7, 11) is 0. The van der Waals surface area contributed by atoms with E-state index in [1.54, 1.807) is 19.9 Å². The first-order valence-corrected chi connectivity index (χ1v) is 6.31. The molecule has 0 fully saturated rings. The van der Waals surface area contributed by atoms with Crippen LogP contribution in [0.3, 0.4) is 0 Å². The fourth-order valence-corrected chi connectivity index (χ4v) is 2.39. The maximum absolute atomic E-state index is 12.0. The second-order valence-corrected chi connectivity index (χ2v) is 5.32. The van der Waals surface area contributed by atoms with E-state index in [9.17, 15) is 9.59 Å². The van der Waals surface area contributed by atoms with Crippen LogP contribution in [0.4, 0.5) is 0 Å². The molecule has 1 aliphatic rings. The zero-order chi connectivity index (χ0) is 12.6. The highest BCUT2D eigenvalue weighted by Gasteiger charge is 2.37. The van der Waals surface area contributed by atoms with Crippen LogP contribution in [-0.4, -0.2) is 17.9 Å². The van der Waals surface area contributed by atoms with Crippen molar-refractivity contribution in [1.82, 2.24) is 0 Å². The minimum Gasteiger partial charge on any atom is -0.462 e. The molecule has 4 heteroatoms. The van der Waals surface area contributed by atoms with E-state index in [1.807, 2.05) is 12.1 Å². The van der Waals surface area contributed by atoms with E-state index in [1.165, 1.54) is 0 Å². The summed E-state index contributed by atoms with van der Waals surface area (Å²) in [6, 6.07) is 5.45. The van der Waals surface area contributed by atoms with Crippen LogP contribution in [0.15, 0.2) is 22.7 Å². The largest absolute Gasteiger partial charge is 0.462 e. The molecular formula is C13H13BrO3. The summed E-state index contributed by atoms with van der Waals surface area (Å²) in [5.74, 6) is -1.21. The number of fused-ring (bicyclic) bond motifs is 1. The van der Waals surface area contributed by atoms with E-state index in [4.69, 9.17) is 4.74 Å². The topological polar surface area (TPSA) is 43.4 Å². The number of esters is 1. The van der Waals surface area contributed by atoms with Gasteiger partial charge in [0.15, 0.2) is 5.78 Å². The molecule has 0 N–H and O–H groups in total. The number of ether oxygens (including phenoxy) is 1. The Hall–Kier alpha value is -1.16. The maximum atomic E-state index is 12.0. The number of hydrogen-bond acceptors (Lipinski definition) is 3. The lowest BCUT2D eigenvalue weighted by molar-refractivity contribution is -0.150. The summed E-state index contributed by atoms with van der Waals surface area (Å²) in [6.07, 6.45) is 0.254. The summed E-state index contributed by atoms with van der Waals surface area (Å²) >= 11 is 3.35. The molecule has 1 aliphatic carbocycles. The molecule has 1 aromatic carbocycles. The molecule has 3 nitrogen and oxygen atoms in total. The molecule has 0 saturated heterocycles. The minimum absolute atomic E-state index is 0.127. The van der Waals surface area contributed by atoms with E-state index in [0.29, 0.717) is 12.0 Å². The monoisotopic (exact) mass is 296 g/mol. The van der Waals surface area contributed by atoms with Gasteiger partial charge in [-0.2, -0.15) is 0 Å². The van der Waals surface area contributed by atoms with Crippen LogP contribution in [0.1, 0.15) is 29.8 Å². The molecule has 17 heavy (non-hydrogen) atoms. The minimum atomic E-state index is -0.665. The normalized spacial score (nSPS) is 18.4. The van der Waals surface area contributed by atoms with Crippen LogP contribution in [0, 0.1) is 5.92 Å². The van der Waals surface area contributed by atoms with Gasteiger partial charge in [0, 0.05) is 10.0 Å². The van der Waals surface area contributed by atoms with Crippen LogP contribution in [0.25, 0.3) is 0 Å². The third kappa shape index (κ3) is 2.41. The van der Waals surface area contributed by atoms with Gasteiger partial charge in [-0.05, 0) is 44.0 Å². The van der Waals surface area contributed by atoms with Gasteiger partial charge in [-0.25, -0.2) is 0 Å². The molecule has 0 spiro atoms. The first-order valence-electron chi connectivity index (χ1n) is 5.52. The Morgan fingerprint density at radius 2 is 2.18 bits per heavy atom. The van der Waals surface area contributed by atoms with Gasteiger partial charge in [0.25, 0.3) is 0 Å². The Morgan fingerprint density at radius 1 is 1.47 bits per heavy atom. The first kappa shape index (κ1) is 12.3. The van der Waals surface area contributed by atoms with Gasteiger partial charge in [0.1, 0.15) is 5.92 Å². The number of ketones is 1. The van der Waals surface area contributed by atoms with Crippen molar-refractivity contribution in [1.29, 1.82) is 0 Å². The quantitative estimate of drug-likeness (QED) is 0.623. The molecule has 0 bridgehead atoms. The fraction of sp³-hybridized carbons (Fsp3) is 0.385. The van der Waals surface area contributed by atoms with Crippen molar-refractivity contribution < 1.29 is 14.3 Å². The third-order valence-corrected chi connectivity index (χ3v) is 3.20. The molecule has 0 saturated carbocycles. The summed E-state index contributed by atoms with van der Waals surface area (Å²) in [4.78, 5) is 23.8. The number of carbonyl (C=O) groups excluding carboxylic acids is 2. The Bertz CT molecular complexity index is 480. The van der Waals surface area contributed by atoms with Crippen molar-refractivity contribution in [2.75, 3.05) is 0 Å². The molecule has 0 aromatic heterocycles. The highest BCUT2D eigenvalue weighted by molar-refractivity contribution is 9.10. The van der Waals surface area contributed by atoms with E-state index in [0.717, 1.165) is 10.0 Å². The van der Waals surface area contributed by atoms with Gasteiger partial charge < -0.3 is 4.74 Å². The van der Waals surface area contributed by atoms with Crippen LogP contribution in [0.5, 0.6) is 0 Å². The lowest BCUT2D eigenvalue weighted by Crippen LogP contribution is -2.25. The maximum Gasteiger partial charge on any atom is 0.317 e. The number of Topliss-reactive ketones (excluding diaryl/α,β-unsaturated/α-hetero) is 1. The lowest BCUT2D eigenvalue weighted by atomic mass is 10.1. The van der Waals surface area contributed by atoms with Crippen LogP contribution >= 0.6 is 15.9 Å². The molecule has 1 unspecified atom stereocenters. The number of benzene rings is 1. The predicted octanol–water partition coefficient (Wildman–Crippen LogP) is 2.76. The molecule has 0 heterocycles. The molecule has 0 amide bonds. The van der Waals surface area contributed by atoms with E-state index in [-0.39, 0.29) is 11.9 Å². The van der Waals surface area contributed by atoms with Crippen molar-refractivity contribution >= 4 is 27.7 Å². The van der Waals surface area contributed by atoms with Gasteiger partial charge >= 0.3 is 5.97 Å². The van der Waals surface area contributed by atoms with Crippen molar-refractivity contribution in [3.8, 4) is 0 Å². The van der Waals surface area contributed by atoms with E-state index >= 15 is 0 Å². The highest BCUT2D eigenvalue weighted by atomic mass is 79.9. The Labute approximate surface area is 108 Å². The molecule has 0 aliphatic heterocycles. The predicted molar refractivity (Wildman–Crippen MR) is 66.9 cm³/mol. The molecule has 1 atom stereocenters.